The van der Waals surface area contributed by atoms with E-state index in [4.69, 9.17) is 4.74 Å². The number of allylic oxidation sites excluding steroid dienone is 4. The van der Waals surface area contributed by atoms with Crippen molar-refractivity contribution in [2.24, 2.45) is 40.4 Å². The highest BCUT2D eigenvalue weighted by atomic mass is 16.5. The molecule has 0 heterocycles. The molecule has 0 radical (unpaired) electrons. The maximum atomic E-state index is 12.0. The van der Waals surface area contributed by atoms with Crippen LogP contribution in [0.4, 0.5) is 0 Å². The molecule has 3 heteroatoms. The summed E-state index contributed by atoms with van der Waals surface area (Å²) in [4.78, 5) is 23.6. The summed E-state index contributed by atoms with van der Waals surface area (Å²) in [5, 5.41) is 0. The van der Waals surface area contributed by atoms with Crippen molar-refractivity contribution in [1.29, 1.82) is 0 Å². The molecule has 0 amide bonds. The lowest BCUT2D eigenvalue weighted by atomic mass is 9.48. The molecule has 0 aliphatic heterocycles. The number of esters is 1. The van der Waals surface area contributed by atoms with Gasteiger partial charge in [0.05, 0.1) is 7.11 Å². The minimum atomic E-state index is -0.0791. The van der Waals surface area contributed by atoms with Gasteiger partial charge in [0.2, 0.25) is 0 Å². The lowest BCUT2D eigenvalue weighted by molar-refractivity contribution is -0.141. The molecule has 0 unspecified atom stereocenters. The normalized spacial score (nSPS) is 42.9. The first-order valence-electron chi connectivity index (χ1n) is 11.3. The summed E-state index contributed by atoms with van der Waals surface area (Å²) in [6.07, 6.45) is 15.0. The number of ketones is 1. The van der Waals surface area contributed by atoms with Crippen LogP contribution in [0.1, 0.15) is 72.1 Å². The smallest absolute Gasteiger partial charge is 0.305 e. The van der Waals surface area contributed by atoms with E-state index in [1.165, 1.54) is 38.4 Å². The number of fused-ring (bicyclic) bond motifs is 5. The van der Waals surface area contributed by atoms with Crippen LogP contribution in [0, 0.1) is 40.4 Å². The Morgan fingerprint density at radius 3 is 2.75 bits per heavy atom. The molecular formula is C25H36O3. The molecule has 2 fully saturated rings. The molecule has 4 aliphatic carbocycles. The highest BCUT2D eigenvalue weighted by Gasteiger charge is 2.58. The standard InChI is InChI=1S/C25H36O3/c1-16(5-10-23(27)28-4)20-8-9-21-19-7-6-17-15-18(26)11-13-24(17,2)22(19)12-14-25(20,21)3/h6-7,15-16,19-22H,5,8-14H2,1-4H3/t16-,19+,20-,21+,22+,24+,25-/m1/s1. The van der Waals surface area contributed by atoms with Crippen LogP contribution in [0.2, 0.25) is 0 Å². The Bertz CT molecular complexity index is 719. The highest BCUT2D eigenvalue weighted by Crippen LogP contribution is 2.66. The van der Waals surface area contributed by atoms with Gasteiger partial charge < -0.3 is 4.74 Å². The van der Waals surface area contributed by atoms with Crippen LogP contribution in [-0.4, -0.2) is 18.9 Å². The van der Waals surface area contributed by atoms with E-state index in [2.05, 4.69) is 32.9 Å². The number of carbonyl (C=O) groups excluding carboxylic acids is 2. The molecule has 154 valence electrons. The monoisotopic (exact) mass is 384 g/mol. The molecule has 0 N–H and O–H groups in total. The molecule has 0 spiro atoms. The lowest BCUT2D eigenvalue weighted by Gasteiger charge is -2.56. The van der Waals surface area contributed by atoms with Gasteiger partial charge >= 0.3 is 5.97 Å². The number of carbonyl (C=O) groups is 2. The summed E-state index contributed by atoms with van der Waals surface area (Å²) in [6.45, 7) is 7.30. The fourth-order valence-electron chi connectivity index (χ4n) is 7.62. The molecule has 0 aromatic rings. The summed E-state index contributed by atoms with van der Waals surface area (Å²) >= 11 is 0. The molecule has 28 heavy (non-hydrogen) atoms. The second kappa shape index (κ2) is 7.15. The Morgan fingerprint density at radius 2 is 2.00 bits per heavy atom. The van der Waals surface area contributed by atoms with Gasteiger partial charge in [0.25, 0.3) is 0 Å². The van der Waals surface area contributed by atoms with Gasteiger partial charge in [0, 0.05) is 12.8 Å². The minimum Gasteiger partial charge on any atom is -0.469 e. The van der Waals surface area contributed by atoms with Crippen molar-refractivity contribution in [2.45, 2.75) is 72.1 Å². The van der Waals surface area contributed by atoms with E-state index in [1.807, 2.05) is 6.08 Å². The third-order valence-corrected chi connectivity index (χ3v) is 9.31. The predicted octanol–water partition coefficient (Wildman–Crippen LogP) is 5.50. The quantitative estimate of drug-likeness (QED) is 0.601. The van der Waals surface area contributed by atoms with Crippen molar-refractivity contribution in [3.63, 3.8) is 0 Å². The highest BCUT2D eigenvalue weighted by molar-refractivity contribution is 5.92. The molecule has 4 aliphatic rings. The van der Waals surface area contributed by atoms with Crippen LogP contribution < -0.4 is 0 Å². The van der Waals surface area contributed by atoms with Crippen molar-refractivity contribution in [1.82, 2.24) is 0 Å². The van der Waals surface area contributed by atoms with Crippen molar-refractivity contribution in [3.8, 4) is 0 Å². The molecule has 2 saturated carbocycles. The van der Waals surface area contributed by atoms with Gasteiger partial charge in [-0.15, -0.1) is 0 Å². The maximum Gasteiger partial charge on any atom is 0.305 e. The minimum absolute atomic E-state index is 0.0791. The van der Waals surface area contributed by atoms with E-state index < -0.39 is 0 Å². The number of methoxy groups -OCH3 is 1. The fraction of sp³-hybridized carbons (Fsp3) is 0.760. The average Bonchev–Trinajstić information content (AvgIpc) is 3.03. The molecule has 7 atom stereocenters. The third-order valence-electron chi connectivity index (χ3n) is 9.31. The van der Waals surface area contributed by atoms with Gasteiger partial charge in [-0.25, -0.2) is 0 Å². The summed E-state index contributed by atoms with van der Waals surface area (Å²) in [5.41, 5.74) is 1.85. The molecule has 0 bridgehead atoms. The largest absolute Gasteiger partial charge is 0.469 e. The van der Waals surface area contributed by atoms with Gasteiger partial charge in [-0.1, -0.05) is 32.9 Å². The van der Waals surface area contributed by atoms with E-state index in [-0.39, 0.29) is 11.4 Å². The fourth-order valence-corrected chi connectivity index (χ4v) is 7.62. The van der Waals surface area contributed by atoms with E-state index >= 15 is 0 Å². The summed E-state index contributed by atoms with van der Waals surface area (Å²) < 4.78 is 4.86. The second-order valence-corrected chi connectivity index (χ2v) is 10.5. The summed E-state index contributed by atoms with van der Waals surface area (Å²) in [5.74, 6) is 3.56. The lowest BCUT2D eigenvalue weighted by Crippen LogP contribution is -2.49. The maximum absolute atomic E-state index is 12.0. The van der Waals surface area contributed by atoms with Crippen molar-refractivity contribution >= 4 is 11.8 Å². The van der Waals surface area contributed by atoms with Crippen molar-refractivity contribution in [3.05, 3.63) is 23.8 Å². The van der Waals surface area contributed by atoms with Gasteiger partial charge in [-0.2, -0.15) is 0 Å². The Balaban J connectivity index is 1.55. The Morgan fingerprint density at radius 1 is 1.21 bits per heavy atom. The summed E-state index contributed by atoms with van der Waals surface area (Å²) in [7, 11) is 1.48. The van der Waals surface area contributed by atoms with E-state index in [0.717, 1.165) is 18.8 Å². The zero-order chi connectivity index (χ0) is 20.1. The van der Waals surface area contributed by atoms with Crippen LogP contribution in [0.25, 0.3) is 0 Å². The average molecular weight is 385 g/mol. The van der Waals surface area contributed by atoms with E-state index in [9.17, 15) is 9.59 Å². The van der Waals surface area contributed by atoms with Gasteiger partial charge in [-0.3, -0.25) is 9.59 Å². The van der Waals surface area contributed by atoms with Crippen LogP contribution in [0.3, 0.4) is 0 Å². The van der Waals surface area contributed by atoms with Crippen LogP contribution in [0.15, 0.2) is 23.8 Å². The first-order valence-corrected chi connectivity index (χ1v) is 11.3. The van der Waals surface area contributed by atoms with Crippen molar-refractivity contribution in [2.75, 3.05) is 7.11 Å². The van der Waals surface area contributed by atoms with E-state index in [0.29, 0.717) is 47.7 Å². The SMILES string of the molecule is COC(=O)CC[C@@H](C)[C@H]1CC[C@H]2[C@@H]3C=CC4=CC(=O)CC[C@]4(C)[C@H]3CC[C@]12C. The van der Waals surface area contributed by atoms with Crippen LogP contribution in [0.5, 0.6) is 0 Å². The number of hydrogen-bond acceptors (Lipinski definition) is 3. The van der Waals surface area contributed by atoms with Crippen LogP contribution >= 0.6 is 0 Å². The number of hydrogen-bond donors (Lipinski definition) is 0. The molecule has 0 aromatic heterocycles. The predicted molar refractivity (Wildman–Crippen MR) is 111 cm³/mol. The topological polar surface area (TPSA) is 43.4 Å². The molecule has 3 nitrogen and oxygen atoms in total. The van der Waals surface area contributed by atoms with Gasteiger partial charge in [0.1, 0.15) is 0 Å². The molecule has 4 rings (SSSR count). The van der Waals surface area contributed by atoms with Crippen LogP contribution in [-0.2, 0) is 14.3 Å². The number of ether oxygens (including phenoxy) is 1. The molecule has 0 aromatic carbocycles. The first-order chi connectivity index (χ1) is 13.3. The summed E-state index contributed by atoms with van der Waals surface area (Å²) in [6, 6.07) is 0. The first kappa shape index (κ1) is 19.9. The molecule has 0 saturated heterocycles. The zero-order valence-electron chi connectivity index (χ0n) is 18.0. The van der Waals surface area contributed by atoms with Gasteiger partial charge in [0.15, 0.2) is 5.78 Å². The zero-order valence-corrected chi connectivity index (χ0v) is 18.0. The Labute approximate surface area is 170 Å². The molecular weight excluding hydrogens is 348 g/mol. The third kappa shape index (κ3) is 3.00. The van der Waals surface area contributed by atoms with Crippen molar-refractivity contribution < 1.29 is 14.3 Å². The van der Waals surface area contributed by atoms with E-state index in [1.54, 1.807) is 0 Å². The second-order valence-electron chi connectivity index (χ2n) is 10.5. The van der Waals surface area contributed by atoms with Gasteiger partial charge in [-0.05, 0) is 90.6 Å². The number of rotatable bonds is 4. The Hall–Kier alpha value is -1.38. The Kier molecular flexibility index (Phi) is 5.08.